The van der Waals surface area contributed by atoms with E-state index in [0.29, 0.717) is 18.2 Å². The average Bonchev–Trinajstić information content (AvgIpc) is 2.53. The van der Waals surface area contributed by atoms with Crippen molar-refractivity contribution in [1.29, 1.82) is 0 Å². The van der Waals surface area contributed by atoms with Gasteiger partial charge < -0.3 is 10.1 Å². The molecule has 0 aromatic heterocycles. The molecular formula is C18H20FNO2. The highest BCUT2D eigenvalue weighted by atomic mass is 19.1. The van der Waals surface area contributed by atoms with Crippen LogP contribution in [0.4, 0.5) is 4.39 Å². The van der Waals surface area contributed by atoms with E-state index in [-0.39, 0.29) is 11.5 Å². The number of halogens is 1. The van der Waals surface area contributed by atoms with Crippen LogP contribution in [0.5, 0.6) is 5.75 Å². The molecule has 0 aliphatic carbocycles. The molecule has 0 spiro atoms. The first-order chi connectivity index (χ1) is 10.5. The smallest absolute Gasteiger partial charge is 0.255 e. The summed E-state index contributed by atoms with van der Waals surface area (Å²) in [5.41, 5.74) is 2.44. The van der Waals surface area contributed by atoms with Gasteiger partial charge in [-0.3, -0.25) is 4.79 Å². The summed E-state index contributed by atoms with van der Waals surface area (Å²) in [6.45, 7) is 4.65. The number of nitrogens with one attached hydrogen (secondary N) is 1. The van der Waals surface area contributed by atoms with E-state index in [4.69, 9.17) is 4.74 Å². The average molecular weight is 301 g/mol. The van der Waals surface area contributed by atoms with E-state index in [9.17, 15) is 9.18 Å². The van der Waals surface area contributed by atoms with Crippen LogP contribution >= 0.6 is 0 Å². The number of hydrogen-bond acceptors (Lipinski definition) is 2. The van der Waals surface area contributed by atoms with Gasteiger partial charge in [0, 0.05) is 6.54 Å². The van der Waals surface area contributed by atoms with Crippen LogP contribution in [-0.2, 0) is 6.54 Å². The molecule has 2 aromatic carbocycles. The van der Waals surface area contributed by atoms with Crippen molar-refractivity contribution < 1.29 is 13.9 Å². The SMILES string of the molecule is COc1ccc(F)cc1C(=O)NCc1ccc(C(C)C)cc1. The first-order valence-electron chi connectivity index (χ1n) is 7.22. The molecule has 0 radical (unpaired) electrons. The molecular weight excluding hydrogens is 281 g/mol. The summed E-state index contributed by atoms with van der Waals surface area (Å²) < 4.78 is 18.4. The zero-order valence-corrected chi connectivity index (χ0v) is 13.0. The summed E-state index contributed by atoms with van der Waals surface area (Å²) in [6.07, 6.45) is 0. The number of carbonyl (C=O) groups excluding carboxylic acids is 1. The van der Waals surface area contributed by atoms with Crippen molar-refractivity contribution in [2.24, 2.45) is 0 Å². The van der Waals surface area contributed by atoms with Crippen LogP contribution in [0.2, 0.25) is 0 Å². The van der Waals surface area contributed by atoms with Crippen molar-refractivity contribution in [3.63, 3.8) is 0 Å². The molecule has 116 valence electrons. The summed E-state index contributed by atoms with van der Waals surface area (Å²) in [5, 5.41) is 2.78. The minimum absolute atomic E-state index is 0.196. The molecule has 22 heavy (non-hydrogen) atoms. The highest BCUT2D eigenvalue weighted by Gasteiger charge is 2.13. The van der Waals surface area contributed by atoms with Crippen molar-refractivity contribution >= 4 is 5.91 Å². The highest BCUT2D eigenvalue weighted by Crippen LogP contribution is 2.19. The number of ether oxygens (including phenoxy) is 1. The Morgan fingerprint density at radius 1 is 1.18 bits per heavy atom. The maximum Gasteiger partial charge on any atom is 0.255 e. The fourth-order valence-corrected chi connectivity index (χ4v) is 2.16. The first-order valence-corrected chi connectivity index (χ1v) is 7.22. The largest absolute Gasteiger partial charge is 0.496 e. The summed E-state index contributed by atoms with van der Waals surface area (Å²) in [5.74, 6) is 0.00535. The molecule has 0 atom stereocenters. The molecule has 0 aliphatic rings. The molecule has 0 heterocycles. The molecule has 1 amide bonds. The number of methoxy groups -OCH3 is 1. The van der Waals surface area contributed by atoms with E-state index >= 15 is 0 Å². The number of amides is 1. The molecule has 0 aliphatic heterocycles. The lowest BCUT2D eigenvalue weighted by Crippen LogP contribution is -2.23. The topological polar surface area (TPSA) is 38.3 Å². The number of benzene rings is 2. The number of hydrogen-bond donors (Lipinski definition) is 1. The van der Waals surface area contributed by atoms with E-state index in [1.165, 1.54) is 30.9 Å². The molecule has 0 saturated carbocycles. The molecule has 4 heteroatoms. The van der Waals surface area contributed by atoms with Gasteiger partial charge in [-0.05, 0) is 35.2 Å². The summed E-state index contributed by atoms with van der Waals surface area (Å²) in [4.78, 5) is 12.2. The lowest BCUT2D eigenvalue weighted by molar-refractivity contribution is 0.0947. The predicted molar refractivity (Wildman–Crippen MR) is 84.7 cm³/mol. The fraction of sp³-hybridized carbons (Fsp3) is 0.278. The van der Waals surface area contributed by atoms with Gasteiger partial charge in [0.25, 0.3) is 5.91 Å². The van der Waals surface area contributed by atoms with Crippen molar-refractivity contribution in [3.8, 4) is 5.75 Å². The molecule has 2 aromatic rings. The monoisotopic (exact) mass is 301 g/mol. The Morgan fingerprint density at radius 3 is 2.45 bits per heavy atom. The second-order valence-electron chi connectivity index (χ2n) is 5.42. The second-order valence-corrected chi connectivity index (χ2v) is 5.42. The second kappa shape index (κ2) is 7.07. The standard InChI is InChI=1S/C18H20FNO2/c1-12(2)14-6-4-13(5-7-14)11-20-18(21)16-10-15(19)8-9-17(16)22-3/h4-10,12H,11H2,1-3H3,(H,20,21). The van der Waals surface area contributed by atoms with Crippen LogP contribution in [0.1, 0.15) is 41.3 Å². The van der Waals surface area contributed by atoms with Crippen molar-refractivity contribution in [2.75, 3.05) is 7.11 Å². The third-order valence-electron chi connectivity index (χ3n) is 3.51. The van der Waals surface area contributed by atoms with E-state index in [0.717, 1.165) is 5.56 Å². The van der Waals surface area contributed by atoms with E-state index in [1.54, 1.807) is 0 Å². The van der Waals surface area contributed by atoms with E-state index in [1.807, 2.05) is 12.1 Å². The zero-order valence-electron chi connectivity index (χ0n) is 13.0. The van der Waals surface area contributed by atoms with Crippen LogP contribution in [0.15, 0.2) is 42.5 Å². The number of rotatable bonds is 5. The Bertz CT molecular complexity index is 651. The maximum atomic E-state index is 13.3. The third-order valence-corrected chi connectivity index (χ3v) is 3.51. The summed E-state index contributed by atoms with van der Waals surface area (Å²) in [6, 6.07) is 12.0. The normalized spacial score (nSPS) is 10.6. The Hall–Kier alpha value is -2.36. The van der Waals surface area contributed by atoms with Gasteiger partial charge in [0.15, 0.2) is 0 Å². The lowest BCUT2D eigenvalue weighted by atomic mass is 10.0. The van der Waals surface area contributed by atoms with Gasteiger partial charge in [-0.2, -0.15) is 0 Å². The van der Waals surface area contributed by atoms with Gasteiger partial charge in [-0.1, -0.05) is 38.1 Å². The maximum absolute atomic E-state index is 13.3. The van der Waals surface area contributed by atoms with Crippen LogP contribution < -0.4 is 10.1 Å². The van der Waals surface area contributed by atoms with Gasteiger partial charge in [-0.15, -0.1) is 0 Å². The minimum atomic E-state index is -0.466. The van der Waals surface area contributed by atoms with Gasteiger partial charge in [0.1, 0.15) is 11.6 Å². The first kappa shape index (κ1) is 16.0. The highest BCUT2D eigenvalue weighted by molar-refractivity contribution is 5.96. The van der Waals surface area contributed by atoms with Crippen LogP contribution in [0, 0.1) is 5.82 Å². The fourth-order valence-electron chi connectivity index (χ4n) is 2.16. The Kier molecular flexibility index (Phi) is 5.15. The van der Waals surface area contributed by atoms with E-state index < -0.39 is 5.82 Å². The van der Waals surface area contributed by atoms with Crippen LogP contribution in [-0.4, -0.2) is 13.0 Å². The third kappa shape index (κ3) is 3.85. The predicted octanol–water partition coefficient (Wildman–Crippen LogP) is 3.89. The van der Waals surface area contributed by atoms with Crippen LogP contribution in [0.25, 0.3) is 0 Å². The van der Waals surface area contributed by atoms with Gasteiger partial charge in [-0.25, -0.2) is 4.39 Å². The Balaban J connectivity index is 2.05. The molecule has 3 nitrogen and oxygen atoms in total. The van der Waals surface area contributed by atoms with Gasteiger partial charge in [0.2, 0.25) is 0 Å². The molecule has 0 unspecified atom stereocenters. The lowest BCUT2D eigenvalue weighted by Gasteiger charge is -2.10. The molecule has 0 fully saturated rings. The molecule has 1 N–H and O–H groups in total. The summed E-state index contributed by atoms with van der Waals surface area (Å²) >= 11 is 0. The quantitative estimate of drug-likeness (QED) is 0.910. The van der Waals surface area contributed by atoms with Crippen molar-refractivity contribution in [2.45, 2.75) is 26.3 Å². The summed E-state index contributed by atoms with van der Waals surface area (Å²) in [7, 11) is 1.45. The van der Waals surface area contributed by atoms with Gasteiger partial charge >= 0.3 is 0 Å². The Labute approximate surface area is 130 Å². The van der Waals surface area contributed by atoms with Gasteiger partial charge in [0.05, 0.1) is 12.7 Å². The van der Waals surface area contributed by atoms with Crippen LogP contribution in [0.3, 0.4) is 0 Å². The molecule has 0 bridgehead atoms. The Morgan fingerprint density at radius 2 is 1.86 bits per heavy atom. The molecule has 2 rings (SSSR count). The van der Waals surface area contributed by atoms with E-state index in [2.05, 4.69) is 31.3 Å². The zero-order chi connectivity index (χ0) is 16.1. The molecule has 0 saturated heterocycles. The number of carbonyl (C=O) groups is 1. The van der Waals surface area contributed by atoms with Crippen molar-refractivity contribution in [1.82, 2.24) is 5.32 Å². The van der Waals surface area contributed by atoms with Crippen molar-refractivity contribution in [3.05, 3.63) is 65.0 Å². The minimum Gasteiger partial charge on any atom is -0.496 e.